The van der Waals surface area contributed by atoms with Crippen molar-refractivity contribution in [3.05, 3.63) is 52.5 Å². The van der Waals surface area contributed by atoms with Crippen LogP contribution in [-0.2, 0) is 42.2 Å². The number of ether oxygens (including phenoxy) is 4. The molecule has 4 fully saturated rings. The number of carbonyl (C=O) groups is 4. The number of aromatic nitrogens is 2. The third-order valence-electron chi connectivity index (χ3n) is 13.3. The summed E-state index contributed by atoms with van der Waals surface area (Å²) in [6, 6.07) is 3.41. The Morgan fingerprint density at radius 2 is 1.88 bits per heavy atom. The number of sulfonamides is 1. The normalized spacial score (nSPS) is 26.4. The van der Waals surface area contributed by atoms with Gasteiger partial charge in [0, 0.05) is 41.2 Å². The van der Waals surface area contributed by atoms with E-state index in [0.717, 1.165) is 41.9 Å². The van der Waals surface area contributed by atoms with Crippen LogP contribution >= 0.6 is 11.3 Å². The monoisotopic (exact) mass is 920 g/mol. The van der Waals surface area contributed by atoms with Crippen LogP contribution < -0.4 is 29.6 Å². The quantitative estimate of drug-likeness (QED) is 0.177. The molecular formula is C46H60N6O10S2. The first kappa shape index (κ1) is 45.6. The lowest BCUT2D eigenvalue weighted by molar-refractivity contribution is -0.142. The van der Waals surface area contributed by atoms with Gasteiger partial charge in [-0.25, -0.2) is 23.2 Å². The van der Waals surface area contributed by atoms with E-state index in [1.807, 2.05) is 31.4 Å². The topological polar surface area (TPSA) is 204 Å². The number of methoxy groups -OCH3 is 1. The fourth-order valence-corrected chi connectivity index (χ4v) is 11.5. The van der Waals surface area contributed by atoms with E-state index in [9.17, 15) is 27.6 Å². The number of nitrogens with zero attached hydrogens (tertiary/aromatic N) is 3. The number of nitrogens with one attached hydrogen (secondary N) is 3. The molecule has 346 valence electrons. The molecule has 1 saturated heterocycles. The summed E-state index contributed by atoms with van der Waals surface area (Å²) in [5.74, 6) is -1.08. The maximum absolute atomic E-state index is 15.0. The molecule has 2 aromatic heterocycles. The third-order valence-corrected chi connectivity index (χ3v) is 16.3. The van der Waals surface area contributed by atoms with Crippen LogP contribution in [0.15, 0.2) is 36.2 Å². The Morgan fingerprint density at radius 1 is 1.11 bits per heavy atom. The Morgan fingerprint density at radius 3 is 2.55 bits per heavy atom. The SMILES string of the molecule is C=C[C@H]1C[C@@]1(NC(=O)[C@@H]1C[C@@H]2CN1C(=O)[C@H](C1CCCC1)NC(=O)OCC(C)(C)CCCc1cc3c(cc(OCc4csc(C(C)C)n4)nc3cc1OC)O2)C(=O)NS(=O)(=O)C1CC1. The molecular weight excluding hydrogens is 861 g/mol. The van der Waals surface area contributed by atoms with Crippen LogP contribution in [0.4, 0.5) is 4.79 Å². The molecule has 8 rings (SSSR count). The van der Waals surface area contributed by atoms with Crippen LogP contribution in [0, 0.1) is 17.3 Å². The van der Waals surface area contributed by atoms with Crippen LogP contribution in [-0.4, -0.2) is 96.3 Å². The standard InChI is InChI=1S/C46H60N6O10S2/c1-7-29-21-46(29,43(55)51-64(57,58)32-14-15-32)50-40(53)35-18-31-22-52(35)42(54)39(27-11-8-9-12-27)49-44(56)61-25-45(4,5)16-10-13-28-17-33-34(19-36(28)59-6)48-38(20-37(33)62-31)60-23-30-24-63-41(47-30)26(2)3/h7,17,19-20,24,26-27,29,31-32,35,39H,1,8-16,18,21-23,25H2,2-6H3,(H,49,56)(H,50,53)(H,51,55)/t29-,31+,35-,39-,46-/m0/s1. The lowest BCUT2D eigenvalue weighted by atomic mass is 9.87. The van der Waals surface area contributed by atoms with E-state index >= 15 is 0 Å². The van der Waals surface area contributed by atoms with Crippen molar-refractivity contribution in [1.82, 2.24) is 30.2 Å². The minimum Gasteiger partial charge on any atom is -0.496 e. The summed E-state index contributed by atoms with van der Waals surface area (Å²) in [7, 11) is -2.32. The van der Waals surface area contributed by atoms with Crippen molar-refractivity contribution >= 4 is 56.1 Å². The van der Waals surface area contributed by atoms with Crippen LogP contribution in [0.2, 0.25) is 0 Å². The van der Waals surface area contributed by atoms with Gasteiger partial charge in [-0.3, -0.25) is 19.1 Å². The third kappa shape index (κ3) is 9.82. The first-order valence-corrected chi connectivity index (χ1v) is 24.9. The summed E-state index contributed by atoms with van der Waals surface area (Å²) >= 11 is 1.57. The summed E-state index contributed by atoms with van der Waals surface area (Å²) in [6.45, 7) is 12.3. The van der Waals surface area contributed by atoms with Crippen LogP contribution in [0.25, 0.3) is 10.9 Å². The first-order valence-electron chi connectivity index (χ1n) is 22.5. The molecule has 0 spiro atoms. The van der Waals surface area contributed by atoms with Crippen molar-refractivity contribution < 1.29 is 46.5 Å². The number of fused-ring (bicyclic) bond motifs is 3. The molecule has 3 aliphatic carbocycles. The summed E-state index contributed by atoms with van der Waals surface area (Å²) in [6.07, 6.45) is 6.41. The van der Waals surface area contributed by atoms with Crippen molar-refractivity contribution in [2.24, 2.45) is 17.3 Å². The van der Waals surface area contributed by atoms with E-state index in [1.54, 1.807) is 24.5 Å². The lowest BCUT2D eigenvalue weighted by Crippen LogP contribution is -2.59. The molecule has 3 N–H and O–H groups in total. The number of aryl methyl sites for hydroxylation is 1. The van der Waals surface area contributed by atoms with E-state index < -0.39 is 74.1 Å². The lowest BCUT2D eigenvalue weighted by Gasteiger charge is -2.32. The molecule has 2 aliphatic heterocycles. The van der Waals surface area contributed by atoms with E-state index in [4.69, 9.17) is 28.9 Å². The number of hydrogen-bond acceptors (Lipinski definition) is 13. The Labute approximate surface area is 378 Å². The molecule has 4 amide bonds. The second kappa shape index (κ2) is 18.1. The minimum atomic E-state index is -3.93. The number of amides is 4. The predicted molar refractivity (Wildman–Crippen MR) is 240 cm³/mol. The van der Waals surface area contributed by atoms with Gasteiger partial charge in [0.25, 0.3) is 5.91 Å². The smallest absolute Gasteiger partial charge is 0.407 e. The fraction of sp³-hybridized carbons (Fsp3) is 0.609. The Balaban J connectivity index is 1.16. The molecule has 64 heavy (non-hydrogen) atoms. The minimum absolute atomic E-state index is 0.0181. The number of thiazole rings is 1. The summed E-state index contributed by atoms with van der Waals surface area (Å²) in [5.41, 5.74) is 0.271. The molecule has 0 unspecified atom stereocenters. The summed E-state index contributed by atoms with van der Waals surface area (Å²) in [5, 5.41) is 8.75. The van der Waals surface area contributed by atoms with E-state index in [0.29, 0.717) is 54.5 Å². The van der Waals surface area contributed by atoms with Crippen molar-refractivity contribution in [3.8, 4) is 17.4 Å². The average Bonchev–Trinajstić information content (AvgIpc) is 4.02. The number of pyridine rings is 1. The zero-order valence-corrected chi connectivity index (χ0v) is 38.9. The fourth-order valence-electron chi connectivity index (χ4n) is 9.29. The van der Waals surface area contributed by atoms with Gasteiger partial charge >= 0.3 is 6.09 Å². The highest BCUT2D eigenvalue weighted by atomic mass is 32.2. The zero-order valence-electron chi connectivity index (χ0n) is 37.3. The maximum atomic E-state index is 15.0. The molecule has 0 radical (unpaired) electrons. The van der Waals surface area contributed by atoms with E-state index in [1.165, 1.54) is 11.0 Å². The Hall–Kier alpha value is -4.97. The van der Waals surface area contributed by atoms with Gasteiger partial charge in [0.05, 0.1) is 41.7 Å². The van der Waals surface area contributed by atoms with Gasteiger partial charge in [-0.2, -0.15) is 0 Å². The largest absolute Gasteiger partial charge is 0.496 e. The molecule has 3 aromatic rings. The van der Waals surface area contributed by atoms with Crippen molar-refractivity contribution in [3.63, 3.8) is 0 Å². The number of hydrogen-bond donors (Lipinski definition) is 3. The highest BCUT2D eigenvalue weighted by molar-refractivity contribution is 7.91. The van der Waals surface area contributed by atoms with Crippen LogP contribution in [0.1, 0.15) is 114 Å². The number of cyclic esters (lactones) is 1. The number of alkyl carbamates (subject to hydrolysis) is 1. The number of carbonyl (C=O) groups excluding carboxylic acids is 4. The second-order valence-electron chi connectivity index (χ2n) is 19.2. The van der Waals surface area contributed by atoms with Crippen molar-refractivity contribution in [1.29, 1.82) is 0 Å². The van der Waals surface area contributed by atoms with Gasteiger partial charge in [-0.15, -0.1) is 17.9 Å². The molecule has 16 nitrogen and oxygen atoms in total. The van der Waals surface area contributed by atoms with Crippen molar-refractivity contribution in [2.45, 2.75) is 140 Å². The van der Waals surface area contributed by atoms with Crippen LogP contribution in [0.3, 0.4) is 0 Å². The maximum Gasteiger partial charge on any atom is 0.407 e. The molecule has 3 saturated carbocycles. The van der Waals surface area contributed by atoms with Gasteiger partial charge in [-0.05, 0) is 74.3 Å². The molecule has 4 bridgehead atoms. The van der Waals surface area contributed by atoms with Gasteiger partial charge in [0.2, 0.25) is 27.7 Å². The molecule has 4 heterocycles. The predicted octanol–water partition coefficient (Wildman–Crippen LogP) is 6.07. The second-order valence-corrected chi connectivity index (χ2v) is 22.0. The van der Waals surface area contributed by atoms with E-state index in [-0.39, 0.29) is 50.3 Å². The summed E-state index contributed by atoms with van der Waals surface area (Å²) < 4.78 is 52.8. The Bertz CT molecular complexity index is 2410. The van der Waals surface area contributed by atoms with Crippen molar-refractivity contribution in [2.75, 3.05) is 20.3 Å². The van der Waals surface area contributed by atoms with Gasteiger partial charge in [0.15, 0.2) is 0 Å². The highest BCUT2D eigenvalue weighted by Gasteiger charge is 2.62. The van der Waals surface area contributed by atoms with Gasteiger partial charge in [-0.1, -0.05) is 46.6 Å². The Kier molecular flexibility index (Phi) is 12.9. The molecule has 5 aliphatic rings. The molecule has 18 heteroatoms. The molecule has 1 aromatic carbocycles. The zero-order chi connectivity index (χ0) is 45.6. The number of rotatable bonds is 12. The number of benzene rings is 1. The van der Waals surface area contributed by atoms with E-state index in [2.05, 4.69) is 35.8 Å². The highest BCUT2D eigenvalue weighted by Crippen LogP contribution is 2.46. The van der Waals surface area contributed by atoms with Crippen LogP contribution in [0.5, 0.6) is 17.4 Å². The molecule has 5 atom stereocenters. The van der Waals surface area contributed by atoms with Gasteiger partial charge < -0.3 is 34.5 Å². The average molecular weight is 921 g/mol. The summed E-state index contributed by atoms with van der Waals surface area (Å²) in [4.78, 5) is 68.0. The van der Waals surface area contributed by atoms with Gasteiger partial charge in [0.1, 0.15) is 41.8 Å². The first-order chi connectivity index (χ1) is 30.5.